The Balaban J connectivity index is 1.48. The third-order valence-electron chi connectivity index (χ3n) is 5.89. The maximum Gasteiger partial charge on any atom is 0.254 e. The van der Waals surface area contributed by atoms with E-state index in [0.717, 1.165) is 50.6 Å². The molecule has 0 radical (unpaired) electrons. The topological polar surface area (TPSA) is 49.9 Å². The van der Waals surface area contributed by atoms with Crippen molar-refractivity contribution < 1.29 is 14.4 Å². The van der Waals surface area contributed by atoms with Crippen LogP contribution in [0.15, 0.2) is 16.8 Å². The molecule has 2 saturated heterocycles. The second-order valence-electron chi connectivity index (χ2n) is 7.28. The summed E-state index contributed by atoms with van der Waals surface area (Å²) in [4.78, 5) is 33.1. The van der Waals surface area contributed by atoms with Crippen LogP contribution in [0, 0.1) is 11.3 Å². The second-order valence-corrected chi connectivity index (χ2v) is 8.06. The van der Waals surface area contributed by atoms with Gasteiger partial charge in [0.05, 0.1) is 12.2 Å². The first kappa shape index (κ1) is 16.1. The van der Waals surface area contributed by atoms with Gasteiger partial charge in [-0.2, -0.15) is 11.3 Å². The molecule has 130 valence electrons. The highest BCUT2D eigenvalue weighted by atomic mass is 32.1. The van der Waals surface area contributed by atoms with Gasteiger partial charge in [0.1, 0.15) is 0 Å². The Morgan fingerprint density at radius 1 is 1.21 bits per heavy atom. The van der Waals surface area contributed by atoms with Crippen LogP contribution in [0.4, 0.5) is 0 Å². The van der Waals surface area contributed by atoms with Crippen LogP contribution in [0.2, 0.25) is 0 Å². The first-order chi connectivity index (χ1) is 11.7. The van der Waals surface area contributed by atoms with E-state index in [0.29, 0.717) is 19.7 Å². The van der Waals surface area contributed by atoms with Crippen LogP contribution < -0.4 is 0 Å². The second kappa shape index (κ2) is 6.48. The molecule has 3 aliphatic rings. The van der Waals surface area contributed by atoms with E-state index in [9.17, 15) is 9.59 Å². The van der Waals surface area contributed by atoms with Gasteiger partial charge < -0.3 is 4.90 Å². The Bertz CT molecular complexity index is 612. The molecule has 2 aliphatic heterocycles. The minimum Gasteiger partial charge on any atom is -0.338 e. The molecule has 2 atom stereocenters. The number of likely N-dealkylation sites (tertiary alicyclic amines) is 1. The predicted molar refractivity (Wildman–Crippen MR) is 91.5 cm³/mol. The fraction of sp³-hybridized carbons (Fsp3) is 0.667. The van der Waals surface area contributed by atoms with Gasteiger partial charge >= 0.3 is 0 Å². The largest absolute Gasteiger partial charge is 0.338 e. The lowest BCUT2D eigenvalue weighted by Gasteiger charge is -2.35. The molecule has 5 nitrogen and oxygen atoms in total. The Labute approximate surface area is 146 Å². The van der Waals surface area contributed by atoms with Gasteiger partial charge in [-0.1, -0.05) is 6.42 Å². The van der Waals surface area contributed by atoms with Gasteiger partial charge in [0.2, 0.25) is 5.91 Å². The van der Waals surface area contributed by atoms with Crippen molar-refractivity contribution in [1.82, 2.24) is 9.96 Å². The van der Waals surface area contributed by atoms with Crippen molar-refractivity contribution in [3.8, 4) is 0 Å². The zero-order valence-corrected chi connectivity index (χ0v) is 14.7. The highest BCUT2D eigenvalue weighted by molar-refractivity contribution is 7.08. The monoisotopic (exact) mass is 348 g/mol. The molecule has 2 amide bonds. The van der Waals surface area contributed by atoms with Gasteiger partial charge in [-0.3, -0.25) is 14.4 Å². The summed E-state index contributed by atoms with van der Waals surface area (Å²) in [6.45, 7) is 2.84. The van der Waals surface area contributed by atoms with E-state index in [1.807, 2.05) is 21.7 Å². The van der Waals surface area contributed by atoms with Crippen molar-refractivity contribution in [1.29, 1.82) is 0 Å². The molecule has 6 heteroatoms. The van der Waals surface area contributed by atoms with Gasteiger partial charge in [0.15, 0.2) is 0 Å². The lowest BCUT2D eigenvalue weighted by molar-refractivity contribution is -0.204. The average Bonchev–Trinajstić information content (AvgIpc) is 3.37. The van der Waals surface area contributed by atoms with Crippen molar-refractivity contribution in [2.45, 2.75) is 38.5 Å². The normalized spacial score (nSPS) is 30.2. The predicted octanol–water partition coefficient (Wildman–Crippen LogP) is 2.93. The van der Waals surface area contributed by atoms with Crippen LogP contribution in [0.3, 0.4) is 0 Å². The first-order valence-electron chi connectivity index (χ1n) is 8.95. The maximum atomic E-state index is 13.0. The van der Waals surface area contributed by atoms with E-state index in [-0.39, 0.29) is 23.1 Å². The van der Waals surface area contributed by atoms with Crippen molar-refractivity contribution >= 4 is 23.2 Å². The van der Waals surface area contributed by atoms with Crippen LogP contribution >= 0.6 is 11.3 Å². The number of hydrogen-bond acceptors (Lipinski definition) is 4. The maximum absolute atomic E-state index is 13.0. The van der Waals surface area contributed by atoms with Gasteiger partial charge in [-0.15, -0.1) is 0 Å². The Morgan fingerprint density at radius 3 is 2.88 bits per heavy atom. The number of nitrogens with zero attached hydrogens (tertiary/aromatic N) is 2. The molecule has 0 N–H and O–H groups in total. The first-order valence-corrected chi connectivity index (χ1v) is 9.90. The van der Waals surface area contributed by atoms with E-state index >= 15 is 0 Å². The number of rotatable bonds is 2. The van der Waals surface area contributed by atoms with Gasteiger partial charge in [-0.05, 0) is 43.6 Å². The summed E-state index contributed by atoms with van der Waals surface area (Å²) < 4.78 is 0. The summed E-state index contributed by atoms with van der Waals surface area (Å²) >= 11 is 1.55. The molecule has 1 saturated carbocycles. The number of carbonyl (C=O) groups excluding carboxylic acids is 2. The molecule has 1 aliphatic carbocycles. The number of amides is 2. The van der Waals surface area contributed by atoms with Crippen molar-refractivity contribution in [3.63, 3.8) is 0 Å². The summed E-state index contributed by atoms with van der Waals surface area (Å²) in [5.74, 6) is 0.272. The van der Waals surface area contributed by atoms with Gasteiger partial charge in [-0.25, -0.2) is 5.06 Å². The summed E-state index contributed by atoms with van der Waals surface area (Å²) in [6, 6.07) is 1.89. The minimum atomic E-state index is -0.0381. The quantitative estimate of drug-likeness (QED) is 0.826. The van der Waals surface area contributed by atoms with E-state index < -0.39 is 0 Å². The fourth-order valence-electron chi connectivity index (χ4n) is 4.59. The Hall–Kier alpha value is -1.40. The lowest BCUT2D eigenvalue weighted by atomic mass is 9.76. The Kier molecular flexibility index (Phi) is 4.35. The van der Waals surface area contributed by atoms with Crippen LogP contribution in [0.1, 0.15) is 48.9 Å². The summed E-state index contributed by atoms with van der Waals surface area (Å²) in [5, 5.41) is 5.45. The molecule has 0 unspecified atom stereocenters. The Morgan fingerprint density at radius 2 is 2.12 bits per heavy atom. The molecule has 1 aromatic rings. The molecule has 0 aromatic carbocycles. The van der Waals surface area contributed by atoms with Crippen LogP contribution in [-0.2, 0) is 9.63 Å². The van der Waals surface area contributed by atoms with Crippen LogP contribution in [0.5, 0.6) is 0 Å². The zero-order chi connectivity index (χ0) is 16.6. The third kappa shape index (κ3) is 2.75. The van der Waals surface area contributed by atoms with Gasteiger partial charge in [0.25, 0.3) is 5.91 Å². The molecule has 1 aromatic heterocycles. The van der Waals surface area contributed by atoms with E-state index in [2.05, 4.69) is 0 Å². The SMILES string of the molecule is O=C(c1ccsc1)N1CC[C@@]2(CCC[C@H]2C(=O)N2CCCCO2)C1. The van der Waals surface area contributed by atoms with E-state index in [4.69, 9.17) is 4.84 Å². The molecule has 3 heterocycles. The highest BCUT2D eigenvalue weighted by Crippen LogP contribution is 2.50. The summed E-state index contributed by atoms with van der Waals surface area (Å²) in [5.41, 5.74) is 0.737. The lowest BCUT2D eigenvalue weighted by Crippen LogP contribution is -2.45. The van der Waals surface area contributed by atoms with E-state index in [1.165, 1.54) is 0 Å². The third-order valence-corrected chi connectivity index (χ3v) is 6.58. The van der Waals surface area contributed by atoms with Crippen molar-refractivity contribution in [3.05, 3.63) is 22.4 Å². The highest BCUT2D eigenvalue weighted by Gasteiger charge is 2.52. The van der Waals surface area contributed by atoms with Crippen LogP contribution in [0.25, 0.3) is 0 Å². The van der Waals surface area contributed by atoms with E-state index in [1.54, 1.807) is 16.4 Å². The standard InChI is InChI=1S/C18H24N2O3S/c21-16(14-5-11-24-12-14)19-9-7-18(13-19)6-3-4-15(18)17(22)20-8-1-2-10-23-20/h5,11-12,15H,1-4,6-10,13H2/t15-,18-/m0/s1. The smallest absolute Gasteiger partial charge is 0.254 e. The fourth-order valence-corrected chi connectivity index (χ4v) is 5.22. The molecule has 0 bridgehead atoms. The van der Waals surface area contributed by atoms with Crippen molar-refractivity contribution in [2.75, 3.05) is 26.2 Å². The average molecular weight is 348 g/mol. The number of carbonyl (C=O) groups is 2. The molecule has 3 fully saturated rings. The molecule has 24 heavy (non-hydrogen) atoms. The number of hydroxylamine groups is 2. The van der Waals surface area contributed by atoms with Crippen molar-refractivity contribution in [2.24, 2.45) is 11.3 Å². The molecule has 1 spiro atoms. The molecule has 4 rings (SSSR count). The van der Waals surface area contributed by atoms with Gasteiger partial charge in [0, 0.05) is 36.3 Å². The number of hydrogen-bond donors (Lipinski definition) is 0. The minimum absolute atomic E-state index is 0.0101. The molecular formula is C18H24N2O3S. The number of thiophene rings is 1. The molecular weight excluding hydrogens is 324 g/mol. The summed E-state index contributed by atoms with van der Waals surface area (Å²) in [6.07, 6.45) is 6.04. The zero-order valence-electron chi connectivity index (χ0n) is 13.9. The summed E-state index contributed by atoms with van der Waals surface area (Å²) in [7, 11) is 0. The van der Waals surface area contributed by atoms with Crippen LogP contribution in [-0.4, -0.2) is 48.0 Å².